The molecular weight excluding hydrogens is 312 g/mol. The molecular formula is C10H13BrN8. The molecule has 4 N–H and O–H groups in total. The molecule has 0 saturated carbocycles. The van der Waals surface area contributed by atoms with E-state index in [9.17, 15) is 0 Å². The fourth-order valence-electron chi connectivity index (χ4n) is 1.29. The molecule has 100 valence electrons. The predicted molar refractivity (Wildman–Crippen MR) is 77.2 cm³/mol. The SMILES string of the molecule is CN(C)c1nc(NN)nc(Nc2cncc(Br)c2)n1. The van der Waals surface area contributed by atoms with Gasteiger partial charge in [0, 0.05) is 24.8 Å². The number of hydrazine groups is 1. The third-order valence-electron chi connectivity index (χ3n) is 2.11. The number of anilines is 4. The van der Waals surface area contributed by atoms with Gasteiger partial charge in [-0.2, -0.15) is 15.0 Å². The van der Waals surface area contributed by atoms with E-state index in [4.69, 9.17) is 5.84 Å². The number of pyridine rings is 1. The van der Waals surface area contributed by atoms with E-state index in [-0.39, 0.29) is 5.95 Å². The second-order valence-electron chi connectivity index (χ2n) is 3.84. The molecule has 2 rings (SSSR count). The maximum atomic E-state index is 5.34. The molecule has 2 heterocycles. The summed E-state index contributed by atoms with van der Waals surface area (Å²) in [4.78, 5) is 18.3. The fourth-order valence-corrected chi connectivity index (χ4v) is 1.66. The van der Waals surface area contributed by atoms with Crippen LogP contribution in [-0.2, 0) is 0 Å². The van der Waals surface area contributed by atoms with E-state index >= 15 is 0 Å². The highest BCUT2D eigenvalue weighted by atomic mass is 79.9. The van der Waals surface area contributed by atoms with Crippen LogP contribution in [0.15, 0.2) is 22.9 Å². The minimum Gasteiger partial charge on any atom is -0.347 e. The Labute approximate surface area is 118 Å². The molecule has 19 heavy (non-hydrogen) atoms. The highest BCUT2D eigenvalue weighted by Gasteiger charge is 2.07. The van der Waals surface area contributed by atoms with Gasteiger partial charge in [-0.3, -0.25) is 10.4 Å². The number of hydrogen-bond acceptors (Lipinski definition) is 8. The van der Waals surface area contributed by atoms with E-state index in [1.54, 1.807) is 17.3 Å². The van der Waals surface area contributed by atoms with Crippen molar-refractivity contribution in [1.29, 1.82) is 0 Å². The van der Waals surface area contributed by atoms with Gasteiger partial charge >= 0.3 is 0 Å². The summed E-state index contributed by atoms with van der Waals surface area (Å²) >= 11 is 3.35. The summed E-state index contributed by atoms with van der Waals surface area (Å²) in [6, 6.07) is 1.86. The molecule has 0 aliphatic carbocycles. The van der Waals surface area contributed by atoms with Crippen molar-refractivity contribution in [3.05, 3.63) is 22.9 Å². The molecule has 0 bridgehead atoms. The van der Waals surface area contributed by atoms with Crippen molar-refractivity contribution in [1.82, 2.24) is 19.9 Å². The Morgan fingerprint density at radius 2 is 1.89 bits per heavy atom. The summed E-state index contributed by atoms with van der Waals surface area (Å²) in [6.45, 7) is 0. The van der Waals surface area contributed by atoms with E-state index in [0.717, 1.165) is 10.2 Å². The fraction of sp³-hybridized carbons (Fsp3) is 0.200. The average Bonchev–Trinajstić information content (AvgIpc) is 2.38. The molecule has 2 aromatic rings. The number of nitrogens with two attached hydrogens (primary N) is 1. The van der Waals surface area contributed by atoms with Gasteiger partial charge in [-0.05, 0) is 22.0 Å². The molecule has 0 fully saturated rings. The van der Waals surface area contributed by atoms with Gasteiger partial charge in [-0.1, -0.05) is 0 Å². The number of nitrogens with one attached hydrogen (secondary N) is 2. The molecule has 0 aliphatic rings. The summed E-state index contributed by atoms with van der Waals surface area (Å²) in [5, 5.41) is 3.04. The van der Waals surface area contributed by atoms with Crippen LogP contribution in [0.3, 0.4) is 0 Å². The molecule has 8 nitrogen and oxygen atoms in total. The first-order valence-electron chi connectivity index (χ1n) is 5.36. The van der Waals surface area contributed by atoms with Crippen LogP contribution in [0, 0.1) is 0 Å². The molecule has 9 heteroatoms. The van der Waals surface area contributed by atoms with E-state index in [1.165, 1.54) is 0 Å². The normalized spacial score (nSPS) is 10.1. The third-order valence-corrected chi connectivity index (χ3v) is 2.55. The number of nitrogen functional groups attached to an aromatic ring is 1. The lowest BCUT2D eigenvalue weighted by molar-refractivity contribution is 0.956. The molecule has 0 saturated heterocycles. The lowest BCUT2D eigenvalue weighted by Gasteiger charge is -2.13. The lowest BCUT2D eigenvalue weighted by atomic mass is 10.4. The Bertz CT molecular complexity index is 573. The number of halogens is 1. The largest absolute Gasteiger partial charge is 0.347 e. The van der Waals surface area contributed by atoms with Crippen molar-refractivity contribution < 1.29 is 0 Å². The van der Waals surface area contributed by atoms with Crippen LogP contribution in [0.25, 0.3) is 0 Å². The lowest BCUT2D eigenvalue weighted by Crippen LogP contribution is -2.18. The van der Waals surface area contributed by atoms with Crippen LogP contribution >= 0.6 is 15.9 Å². The van der Waals surface area contributed by atoms with Crippen molar-refractivity contribution in [2.45, 2.75) is 0 Å². The first-order valence-corrected chi connectivity index (χ1v) is 6.15. The van der Waals surface area contributed by atoms with Crippen molar-refractivity contribution in [3.8, 4) is 0 Å². The van der Waals surface area contributed by atoms with Crippen molar-refractivity contribution in [2.75, 3.05) is 29.7 Å². The van der Waals surface area contributed by atoms with Gasteiger partial charge < -0.3 is 10.2 Å². The Hall–Kier alpha value is -2.00. The van der Waals surface area contributed by atoms with Gasteiger partial charge in [0.25, 0.3) is 0 Å². The second kappa shape index (κ2) is 5.76. The van der Waals surface area contributed by atoms with Gasteiger partial charge in [0.05, 0.1) is 11.9 Å². The number of hydrogen-bond donors (Lipinski definition) is 3. The van der Waals surface area contributed by atoms with E-state index in [0.29, 0.717) is 11.9 Å². The van der Waals surface area contributed by atoms with Gasteiger partial charge in [0.1, 0.15) is 0 Å². The number of aromatic nitrogens is 4. The first-order chi connectivity index (χ1) is 9.08. The molecule has 0 radical (unpaired) electrons. The van der Waals surface area contributed by atoms with Gasteiger partial charge in [0.2, 0.25) is 17.8 Å². The van der Waals surface area contributed by atoms with E-state index in [2.05, 4.69) is 46.6 Å². The molecule has 2 aromatic heterocycles. The number of nitrogens with zero attached hydrogens (tertiary/aromatic N) is 5. The van der Waals surface area contributed by atoms with Crippen molar-refractivity contribution >= 4 is 39.5 Å². The average molecular weight is 325 g/mol. The van der Waals surface area contributed by atoms with Crippen molar-refractivity contribution in [2.24, 2.45) is 5.84 Å². The molecule has 0 aliphatic heterocycles. The third kappa shape index (κ3) is 3.48. The van der Waals surface area contributed by atoms with Crippen LogP contribution in [-0.4, -0.2) is 34.0 Å². The molecule has 0 unspecified atom stereocenters. The summed E-state index contributed by atoms with van der Waals surface area (Å²) in [7, 11) is 3.67. The summed E-state index contributed by atoms with van der Waals surface area (Å²) in [5.74, 6) is 6.49. The molecule has 0 aromatic carbocycles. The van der Waals surface area contributed by atoms with Crippen LogP contribution in [0.1, 0.15) is 0 Å². The second-order valence-corrected chi connectivity index (χ2v) is 4.75. The molecule has 0 amide bonds. The first kappa shape index (κ1) is 13.4. The highest BCUT2D eigenvalue weighted by Crippen LogP contribution is 2.18. The smallest absolute Gasteiger partial charge is 0.243 e. The zero-order valence-electron chi connectivity index (χ0n) is 10.4. The van der Waals surface area contributed by atoms with Gasteiger partial charge in [0.15, 0.2) is 0 Å². The zero-order chi connectivity index (χ0) is 13.8. The van der Waals surface area contributed by atoms with Crippen LogP contribution in [0.5, 0.6) is 0 Å². The Morgan fingerprint density at radius 1 is 1.16 bits per heavy atom. The number of rotatable bonds is 4. The Balaban J connectivity index is 2.31. The van der Waals surface area contributed by atoms with Crippen LogP contribution in [0.2, 0.25) is 0 Å². The summed E-state index contributed by atoms with van der Waals surface area (Å²) < 4.78 is 0.858. The standard InChI is InChI=1S/C10H13BrN8/c1-19(2)10-16-8(15-9(17-10)18-12)14-7-3-6(11)4-13-5-7/h3-5H,12H2,1-2H3,(H2,14,15,16,17,18). The Kier molecular flexibility index (Phi) is 4.07. The van der Waals surface area contributed by atoms with Crippen LogP contribution < -0.4 is 21.5 Å². The maximum Gasteiger partial charge on any atom is 0.243 e. The van der Waals surface area contributed by atoms with E-state index in [1.807, 2.05) is 20.2 Å². The topological polar surface area (TPSA) is 105 Å². The quantitative estimate of drug-likeness (QED) is 0.567. The highest BCUT2D eigenvalue weighted by molar-refractivity contribution is 9.10. The summed E-state index contributed by atoms with van der Waals surface area (Å²) in [5.41, 5.74) is 3.16. The van der Waals surface area contributed by atoms with E-state index < -0.39 is 0 Å². The van der Waals surface area contributed by atoms with Gasteiger partial charge in [-0.25, -0.2) is 5.84 Å². The zero-order valence-corrected chi connectivity index (χ0v) is 12.0. The molecule has 0 spiro atoms. The minimum absolute atomic E-state index is 0.282. The summed E-state index contributed by atoms with van der Waals surface area (Å²) in [6.07, 6.45) is 3.36. The van der Waals surface area contributed by atoms with Gasteiger partial charge in [-0.15, -0.1) is 0 Å². The van der Waals surface area contributed by atoms with Crippen LogP contribution in [0.4, 0.5) is 23.5 Å². The predicted octanol–water partition coefficient (Wildman–Crippen LogP) is 1.12. The maximum absolute atomic E-state index is 5.34. The van der Waals surface area contributed by atoms with Crippen molar-refractivity contribution in [3.63, 3.8) is 0 Å². The minimum atomic E-state index is 0.282. The molecule has 0 atom stereocenters. The Morgan fingerprint density at radius 3 is 2.53 bits per heavy atom. The monoisotopic (exact) mass is 324 g/mol.